The van der Waals surface area contributed by atoms with Crippen LogP contribution in [0.3, 0.4) is 0 Å². The summed E-state index contributed by atoms with van der Waals surface area (Å²) in [5.74, 6) is -1.48. The SMILES string of the molecule is C[C@@H](O[Si](C)(C)C(C)(C)C)[C@H]1C(=O)N2C(C(=O)O)=C(CCl)S[C@H]12. The van der Waals surface area contributed by atoms with Gasteiger partial charge < -0.3 is 9.53 Å². The largest absolute Gasteiger partial charge is 0.477 e. The molecule has 0 bridgehead atoms. The third kappa shape index (κ3) is 3.08. The lowest BCUT2D eigenvalue weighted by Gasteiger charge is -2.48. The number of halogens is 1. The lowest BCUT2D eigenvalue weighted by Crippen LogP contribution is -2.62. The minimum Gasteiger partial charge on any atom is -0.477 e. The van der Waals surface area contributed by atoms with E-state index in [9.17, 15) is 14.7 Å². The van der Waals surface area contributed by atoms with Gasteiger partial charge in [0.1, 0.15) is 11.1 Å². The Bertz CT molecular complexity index is 572. The molecule has 23 heavy (non-hydrogen) atoms. The van der Waals surface area contributed by atoms with Gasteiger partial charge in [0.05, 0.1) is 17.9 Å². The Kier molecular flexibility index (Phi) is 4.99. The number of thioether (sulfide) groups is 1. The smallest absolute Gasteiger partial charge is 0.353 e. The molecule has 0 aromatic heterocycles. The average molecular weight is 378 g/mol. The van der Waals surface area contributed by atoms with Crippen LogP contribution in [-0.2, 0) is 14.0 Å². The second-order valence-electron chi connectivity index (χ2n) is 7.54. The van der Waals surface area contributed by atoms with Gasteiger partial charge in [0, 0.05) is 4.91 Å². The average Bonchev–Trinajstić information content (AvgIpc) is 2.71. The van der Waals surface area contributed by atoms with E-state index in [0.717, 1.165) is 0 Å². The van der Waals surface area contributed by atoms with E-state index in [-0.39, 0.29) is 39.9 Å². The summed E-state index contributed by atoms with van der Waals surface area (Å²) in [6.07, 6.45) is -0.234. The van der Waals surface area contributed by atoms with Gasteiger partial charge in [-0.2, -0.15) is 0 Å². The maximum absolute atomic E-state index is 12.5. The molecule has 0 aromatic rings. The molecule has 1 fully saturated rings. The van der Waals surface area contributed by atoms with Gasteiger partial charge in [-0.3, -0.25) is 9.69 Å². The summed E-state index contributed by atoms with van der Waals surface area (Å²) in [5.41, 5.74) is 0.0378. The molecule has 0 spiro atoms. The van der Waals surface area contributed by atoms with Crippen molar-refractivity contribution in [2.75, 3.05) is 5.88 Å². The number of carbonyl (C=O) groups is 2. The highest BCUT2D eigenvalue weighted by atomic mass is 35.5. The minimum atomic E-state index is -1.99. The Balaban J connectivity index is 2.15. The van der Waals surface area contributed by atoms with Crippen LogP contribution < -0.4 is 0 Å². The molecule has 0 unspecified atom stereocenters. The first kappa shape index (κ1) is 18.8. The molecule has 8 heteroatoms. The van der Waals surface area contributed by atoms with Crippen LogP contribution in [0.15, 0.2) is 10.6 Å². The van der Waals surface area contributed by atoms with Gasteiger partial charge in [-0.25, -0.2) is 4.79 Å². The number of alkyl halides is 1. The van der Waals surface area contributed by atoms with Gasteiger partial charge in [-0.1, -0.05) is 20.8 Å². The van der Waals surface area contributed by atoms with Crippen LogP contribution >= 0.6 is 23.4 Å². The first-order chi connectivity index (χ1) is 10.4. The van der Waals surface area contributed by atoms with E-state index in [2.05, 4.69) is 33.9 Å². The first-order valence-corrected chi connectivity index (χ1v) is 11.9. The summed E-state index contributed by atoms with van der Waals surface area (Å²) in [7, 11) is -1.99. The summed E-state index contributed by atoms with van der Waals surface area (Å²) < 4.78 is 6.33. The van der Waals surface area contributed by atoms with Crippen LogP contribution in [0, 0.1) is 5.92 Å². The molecule has 130 valence electrons. The molecule has 3 atom stereocenters. The molecule has 2 rings (SSSR count). The van der Waals surface area contributed by atoms with Crippen molar-refractivity contribution < 1.29 is 19.1 Å². The number of allylic oxidation sites excluding steroid dienone is 1. The van der Waals surface area contributed by atoms with Crippen LogP contribution in [-0.4, -0.2) is 47.6 Å². The zero-order chi connectivity index (χ0) is 17.7. The van der Waals surface area contributed by atoms with E-state index < -0.39 is 14.3 Å². The standard InChI is InChI=1S/C15H24ClNO4SSi/c1-8(21-23(5,6)15(2,3)4)10-12(18)17-11(14(19)20)9(7-16)22-13(10)17/h8,10,13H,7H2,1-6H3,(H,19,20)/t8-,10+,13-/m1/s1. The fraction of sp³-hybridized carbons (Fsp3) is 0.733. The summed E-state index contributed by atoms with van der Waals surface area (Å²) in [4.78, 5) is 25.8. The molecule has 5 nitrogen and oxygen atoms in total. The monoisotopic (exact) mass is 377 g/mol. The molecule has 2 aliphatic heterocycles. The zero-order valence-corrected chi connectivity index (χ0v) is 16.9. The van der Waals surface area contributed by atoms with Crippen molar-refractivity contribution in [2.45, 2.75) is 57.3 Å². The van der Waals surface area contributed by atoms with Crippen molar-refractivity contribution in [1.29, 1.82) is 0 Å². The number of carboxylic acids is 1. The summed E-state index contributed by atoms with van der Waals surface area (Å²) >= 11 is 7.22. The number of hydrogen-bond donors (Lipinski definition) is 1. The lowest BCUT2D eigenvalue weighted by molar-refractivity contribution is -0.156. The number of rotatable bonds is 5. The van der Waals surface area contributed by atoms with Gasteiger partial charge in [0.25, 0.3) is 0 Å². The molecule has 0 radical (unpaired) electrons. The van der Waals surface area contributed by atoms with Crippen LogP contribution in [0.5, 0.6) is 0 Å². The van der Waals surface area contributed by atoms with Crippen molar-refractivity contribution >= 4 is 43.6 Å². The number of aliphatic carboxylic acids is 1. The molecule has 2 heterocycles. The molecule has 1 amide bonds. The number of hydrogen-bond acceptors (Lipinski definition) is 4. The third-order valence-corrected chi connectivity index (χ3v) is 11.3. The number of carbonyl (C=O) groups excluding carboxylic acids is 1. The molecule has 0 saturated carbocycles. The van der Waals surface area contributed by atoms with Crippen molar-refractivity contribution in [3.05, 3.63) is 10.6 Å². The fourth-order valence-corrected chi connectivity index (χ4v) is 5.85. The number of nitrogens with zero attached hydrogens (tertiary/aromatic N) is 1. The molecule has 0 aromatic carbocycles. The summed E-state index contributed by atoms with van der Waals surface area (Å²) in [6, 6.07) is 0. The topological polar surface area (TPSA) is 66.8 Å². The number of amides is 1. The van der Waals surface area contributed by atoms with Gasteiger partial charge in [-0.15, -0.1) is 23.4 Å². The van der Waals surface area contributed by atoms with Crippen molar-refractivity contribution in [1.82, 2.24) is 4.90 Å². The lowest BCUT2D eigenvalue weighted by atomic mass is 9.92. The van der Waals surface area contributed by atoms with Gasteiger partial charge >= 0.3 is 5.97 Å². The molecule has 1 saturated heterocycles. The Hall–Kier alpha value is -0.503. The molecule has 2 aliphatic rings. The predicted molar refractivity (Wildman–Crippen MR) is 94.8 cm³/mol. The third-order valence-electron chi connectivity index (χ3n) is 4.97. The van der Waals surface area contributed by atoms with E-state index in [0.29, 0.717) is 4.91 Å². The van der Waals surface area contributed by atoms with Crippen molar-refractivity contribution in [3.63, 3.8) is 0 Å². The number of β-lactam (4-membered cyclic amide) rings is 1. The van der Waals surface area contributed by atoms with E-state index >= 15 is 0 Å². The van der Waals surface area contributed by atoms with E-state index in [1.165, 1.54) is 16.7 Å². The normalized spacial score (nSPS) is 26.2. The Morgan fingerprint density at radius 3 is 2.48 bits per heavy atom. The quantitative estimate of drug-likeness (QED) is 0.451. The maximum atomic E-state index is 12.5. The Morgan fingerprint density at radius 1 is 1.48 bits per heavy atom. The molecular formula is C15H24ClNO4SSi. The van der Waals surface area contributed by atoms with E-state index in [4.69, 9.17) is 16.0 Å². The van der Waals surface area contributed by atoms with Gasteiger partial charge in [-0.05, 0) is 25.1 Å². The number of fused-ring (bicyclic) bond motifs is 1. The first-order valence-electron chi connectivity index (χ1n) is 7.62. The molecular weight excluding hydrogens is 354 g/mol. The minimum absolute atomic E-state index is 0.0378. The highest BCUT2D eigenvalue weighted by molar-refractivity contribution is 8.04. The Morgan fingerprint density at radius 2 is 2.04 bits per heavy atom. The van der Waals surface area contributed by atoms with Crippen molar-refractivity contribution in [3.8, 4) is 0 Å². The fourth-order valence-electron chi connectivity index (χ4n) is 2.65. The van der Waals surface area contributed by atoms with Crippen LogP contribution in [0.1, 0.15) is 27.7 Å². The van der Waals surface area contributed by atoms with Crippen LogP contribution in [0.25, 0.3) is 0 Å². The summed E-state index contributed by atoms with van der Waals surface area (Å²) in [6.45, 7) is 12.7. The second-order valence-corrected chi connectivity index (χ2v) is 13.8. The predicted octanol–water partition coefficient (Wildman–Crippen LogP) is 3.46. The maximum Gasteiger partial charge on any atom is 0.353 e. The zero-order valence-electron chi connectivity index (χ0n) is 14.3. The van der Waals surface area contributed by atoms with Crippen molar-refractivity contribution in [2.24, 2.45) is 5.92 Å². The highest BCUT2D eigenvalue weighted by Gasteiger charge is 2.58. The van der Waals surface area contributed by atoms with Crippen LogP contribution in [0.2, 0.25) is 18.1 Å². The van der Waals surface area contributed by atoms with E-state index in [1.54, 1.807) is 0 Å². The van der Waals surface area contributed by atoms with E-state index in [1.807, 2.05) is 6.92 Å². The Labute approximate surface area is 147 Å². The molecule has 0 aliphatic carbocycles. The summed E-state index contributed by atoms with van der Waals surface area (Å²) in [5, 5.41) is 9.18. The highest BCUT2D eigenvalue weighted by Crippen LogP contribution is 2.51. The van der Waals surface area contributed by atoms with Gasteiger partial charge in [0.15, 0.2) is 8.32 Å². The number of carboxylic acid groups (broad SMARTS) is 1. The molecule has 1 N–H and O–H groups in total. The van der Waals surface area contributed by atoms with Crippen LogP contribution in [0.4, 0.5) is 0 Å². The second kappa shape index (κ2) is 6.09. The van der Waals surface area contributed by atoms with Gasteiger partial charge in [0.2, 0.25) is 5.91 Å².